The van der Waals surface area contributed by atoms with Crippen molar-refractivity contribution in [2.24, 2.45) is 4.99 Å². The van der Waals surface area contributed by atoms with Gasteiger partial charge in [-0.3, -0.25) is 9.79 Å². The molecule has 0 unspecified atom stereocenters. The number of nitrogens with two attached hydrogens (primary N) is 1. The summed E-state index contributed by atoms with van der Waals surface area (Å²) in [6, 6.07) is 5.82. The van der Waals surface area contributed by atoms with Crippen LogP contribution in [0.25, 0.3) is 0 Å². The lowest BCUT2D eigenvalue weighted by molar-refractivity contribution is 0.105. The third-order valence-electron chi connectivity index (χ3n) is 4.38. The average molecular weight is 355 g/mol. The van der Waals surface area contributed by atoms with E-state index < -0.39 is 11.6 Å². The van der Waals surface area contributed by atoms with Crippen LogP contribution < -0.4 is 10.5 Å². The summed E-state index contributed by atoms with van der Waals surface area (Å²) in [5, 5.41) is 13.1. The summed E-state index contributed by atoms with van der Waals surface area (Å²) in [5.41, 5.74) is 5.89. The number of carbonyl (C=O) groups excluding carboxylic acids is 1. The van der Waals surface area contributed by atoms with Crippen LogP contribution in [0.1, 0.15) is 41.6 Å². The largest absolute Gasteiger partial charge is 0.497 e. The minimum Gasteiger partial charge on any atom is -0.497 e. The number of nitrogens with zero attached hydrogens (tertiary/aromatic N) is 4. The average Bonchev–Trinajstić information content (AvgIpc) is 3.28. The van der Waals surface area contributed by atoms with Crippen LogP contribution in [-0.2, 0) is 0 Å². The number of hydrogen-bond acceptors (Lipinski definition) is 6. The molecular formula is C18H18FN5O2. The molecule has 0 amide bonds. The first-order valence-electron chi connectivity index (χ1n) is 8.25. The van der Waals surface area contributed by atoms with Crippen molar-refractivity contribution in [3.05, 3.63) is 41.3 Å². The predicted octanol–water partition coefficient (Wildman–Crippen LogP) is 2.56. The third kappa shape index (κ3) is 3.28. The standard InChI is InChI=1S/C18H18FN5O2/c1-26-13-6-7-14(15(19)8-13)16(25)18(23-12-4-2-3-5-12)24-17(21)11(9-20)10-22-24/h6-8,10,12H,2-5,21H2,1H3/b23-18+. The van der Waals surface area contributed by atoms with Crippen molar-refractivity contribution in [1.82, 2.24) is 9.78 Å². The first-order valence-corrected chi connectivity index (χ1v) is 8.25. The Labute approximate surface area is 149 Å². The minimum atomic E-state index is -0.722. The van der Waals surface area contributed by atoms with Gasteiger partial charge in [0, 0.05) is 6.07 Å². The quantitative estimate of drug-likeness (QED) is 0.515. The molecule has 1 saturated carbocycles. The maximum absolute atomic E-state index is 14.4. The number of Topliss-reactive ketones (excluding diaryl/α,β-unsaturated/α-hetero) is 1. The highest BCUT2D eigenvalue weighted by Crippen LogP contribution is 2.23. The number of benzene rings is 1. The van der Waals surface area contributed by atoms with Gasteiger partial charge in [-0.05, 0) is 25.0 Å². The highest BCUT2D eigenvalue weighted by Gasteiger charge is 2.26. The Morgan fingerprint density at radius 1 is 1.46 bits per heavy atom. The molecular weight excluding hydrogens is 337 g/mol. The van der Waals surface area contributed by atoms with Gasteiger partial charge in [0.15, 0.2) is 5.84 Å². The van der Waals surface area contributed by atoms with E-state index in [0.717, 1.165) is 36.4 Å². The highest BCUT2D eigenvalue weighted by atomic mass is 19.1. The molecule has 0 radical (unpaired) electrons. The van der Waals surface area contributed by atoms with Gasteiger partial charge >= 0.3 is 0 Å². The summed E-state index contributed by atoms with van der Waals surface area (Å²) in [5.74, 6) is -1.14. The van der Waals surface area contributed by atoms with Crippen LogP contribution in [0.2, 0.25) is 0 Å². The summed E-state index contributed by atoms with van der Waals surface area (Å²) in [6.07, 6.45) is 4.98. The number of carbonyl (C=O) groups is 1. The maximum Gasteiger partial charge on any atom is 0.232 e. The van der Waals surface area contributed by atoms with E-state index in [0.29, 0.717) is 5.75 Å². The highest BCUT2D eigenvalue weighted by molar-refractivity contribution is 6.46. The molecule has 134 valence electrons. The van der Waals surface area contributed by atoms with Gasteiger partial charge in [0.05, 0.1) is 24.9 Å². The number of ketones is 1. The molecule has 2 N–H and O–H groups in total. The van der Waals surface area contributed by atoms with Gasteiger partial charge in [-0.15, -0.1) is 0 Å². The zero-order chi connectivity index (χ0) is 18.7. The number of ether oxygens (including phenoxy) is 1. The molecule has 1 aliphatic rings. The van der Waals surface area contributed by atoms with E-state index in [-0.39, 0.29) is 28.8 Å². The molecule has 0 spiro atoms. The second-order valence-corrected chi connectivity index (χ2v) is 6.03. The fourth-order valence-electron chi connectivity index (χ4n) is 2.96. The number of hydrogen-bond donors (Lipinski definition) is 1. The van der Waals surface area contributed by atoms with E-state index in [2.05, 4.69) is 10.1 Å². The van der Waals surface area contributed by atoms with Gasteiger partial charge in [0.1, 0.15) is 29.0 Å². The number of methoxy groups -OCH3 is 1. The van der Waals surface area contributed by atoms with Crippen LogP contribution in [0.3, 0.4) is 0 Å². The lowest BCUT2D eigenvalue weighted by atomic mass is 10.1. The lowest BCUT2D eigenvalue weighted by Crippen LogP contribution is -2.28. The molecule has 7 nitrogen and oxygen atoms in total. The van der Waals surface area contributed by atoms with Crippen molar-refractivity contribution in [1.29, 1.82) is 5.26 Å². The van der Waals surface area contributed by atoms with Crippen molar-refractivity contribution in [3.63, 3.8) is 0 Å². The second kappa shape index (κ2) is 7.35. The fourth-order valence-corrected chi connectivity index (χ4v) is 2.96. The van der Waals surface area contributed by atoms with Gasteiger partial charge in [-0.25, -0.2) is 4.39 Å². The molecule has 0 aliphatic heterocycles. The minimum absolute atomic E-state index is 0.00603. The Kier molecular flexibility index (Phi) is 4.98. The second-order valence-electron chi connectivity index (χ2n) is 6.03. The number of nitriles is 1. The normalized spacial score (nSPS) is 15.0. The monoisotopic (exact) mass is 355 g/mol. The summed E-state index contributed by atoms with van der Waals surface area (Å²) < 4.78 is 20.5. The first kappa shape index (κ1) is 17.6. The number of aliphatic imine (C=N–C) groups is 1. The summed E-state index contributed by atoms with van der Waals surface area (Å²) in [7, 11) is 1.41. The Morgan fingerprint density at radius 3 is 2.77 bits per heavy atom. The Hall–Kier alpha value is -3.21. The molecule has 0 saturated heterocycles. The van der Waals surface area contributed by atoms with E-state index in [1.54, 1.807) is 0 Å². The topological polar surface area (TPSA) is 106 Å². The van der Waals surface area contributed by atoms with Crippen LogP contribution in [-0.4, -0.2) is 34.6 Å². The van der Waals surface area contributed by atoms with Crippen molar-refractivity contribution < 1.29 is 13.9 Å². The van der Waals surface area contributed by atoms with E-state index >= 15 is 0 Å². The number of rotatable bonds is 4. The molecule has 2 aromatic rings. The Morgan fingerprint density at radius 2 is 2.19 bits per heavy atom. The van der Waals surface area contributed by atoms with Crippen molar-refractivity contribution >= 4 is 17.4 Å². The number of halogens is 1. The van der Waals surface area contributed by atoms with Crippen LogP contribution in [0.4, 0.5) is 10.2 Å². The van der Waals surface area contributed by atoms with E-state index in [9.17, 15) is 9.18 Å². The van der Waals surface area contributed by atoms with Crippen molar-refractivity contribution in [2.45, 2.75) is 31.7 Å². The zero-order valence-electron chi connectivity index (χ0n) is 14.3. The van der Waals surface area contributed by atoms with Crippen molar-refractivity contribution in [3.8, 4) is 11.8 Å². The summed E-state index contributed by atoms with van der Waals surface area (Å²) >= 11 is 0. The van der Waals surface area contributed by atoms with E-state index in [1.807, 2.05) is 6.07 Å². The SMILES string of the molecule is COc1ccc(C(=O)/C(=N\C2CCCC2)n2ncc(C#N)c2N)c(F)c1. The number of aromatic nitrogens is 2. The smallest absolute Gasteiger partial charge is 0.232 e. The van der Waals surface area contributed by atoms with Gasteiger partial charge < -0.3 is 10.5 Å². The van der Waals surface area contributed by atoms with Gasteiger partial charge in [-0.2, -0.15) is 15.0 Å². The predicted molar refractivity (Wildman–Crippen MR) is 93.7 cm³/mol. The maximum atomic E-state index is 14.4. The van der Waals surface area contributed by atoms with Gasteiger partial charge in [0.2, 0.25) is 5.78 Å². The third-order valence-corrected chi connectivity index (χ3v) is 4.38. The molecule has 1 aliphatic carbocycles. The van der Waals surface area contributed by atoms with E-state index in [1.165, 1.54) is 25.4 Å². The van der Waals surface area contributed by atoms with Gasteiger partial charge in [-0.1, -0.05) is 12.8 Å². The zero-order valence-corrected chi connectivity index (χ0v) is 14.3. The molecule has 1 aromatic carbocycles. The molecule has 8 heteroatoms. The molecule has 1 fully saturated rings. The van der Waals surface area contributed by atoms with E-state index in [4.69, 9.17) is 15.7 Å². The van der Waals surface area contributed by atoms with Crippen LogP contribution >= 0.6 is 0 Å². The first-order chi connectivity index (χ1) is 12.5. The molecule has 0 bridgehead atoms. The van der Waals surface area contributed by atoms with Crippen molar-refractivity contribution in [2.75, 3.05) is 12.8 Å². The molecule has 3 rings (SSSR count). The fraction of sp³-hybridized carbons (Fsp3) is 0.333. The molecule has 1 heterocycles. The van der Waals surface area contributed by atoms with Crippen LogP contribution in [0.15, 0.2) is 29.4 Å². The van der Waals surface area contributed by atoms with Crippen LogP contribution in [0, 0.1) is 17.1 Å². The van der Waals surface area contributed by atoms with Crippen LogP contribution in [0.5, 0.6) is 5.75 Å². The summed E-state index contributed by atoms with van der Waals surface area (Å²) in [4.78, 5) is 17.5. The number of nitrogen functional groups attached to an aromatic ring is 1. The van der Waals surface area contributed by atoms with Gasteiger partial charge in [0.25, 0.3) is 0 Å². The lowest BCUT2D eigenvalue weighted by Gasteiger charge is -2.12. The molecule has 0 atom stereocenters. The number of anilines is 1. The molecule has 26 heavy (non-hydrogen) atoms. The summed E-state index contributed by atoms with van der Waals surface area (Å²) in [6.45, 7) is 0. The molecule has 1 aromatic heterocycles. The Bertz CT molecular complexity index is 907. The Balaban J connectivity index is 2.07.